The maximum absolute atomic E-state index is 12.1. The van der Waals surface area contributed by atoms with Crippen molar-refractivity contribution in [2.75, 3.05) is 19.6 Å². The van der Waals surface area contributed by atoms with Gasteiger partial charge >= 0.3 is 0 Å². The van der Waals surface area contributed by atoms with Gasteiger partial charge in [-0.05, 0) is 51.3 Å². The summed E-state index contributed by atoms with van der Waals surface area (Å²) in [6.45, 7) is 3.54. The third kappa shape index (κ3) is 3.38. The standard InChI is InChI=1S/C11H13Br2NO2S/c1-11(16)2-3-14(6-11)5-8(15)7-4-9(12)17-10(7)13/h4,16H,2-3,5-6H2,1H3. The van der Waals surface area contributed by atoms with Crippen LogP contribution in [-0.2, 0) is 0 Å². The first-order chi connectivity index (χ1) is 7.87. The van der Waals surface area contributed by atoms with Gasteiger partial charge in [-0.25, -0.2) is 0 Å². The summed E-state index contributed by atoms with van der Waals surface area (Å²) in [5, 5.41) is 9.84. The second-order valence-electron chi connectivity index (χ2n) is 4.62. The van der Waals surface area contributed by atoms with Crippen LogP contribution in [0.3, 0.4) is 0 Å². The number of carbonyl (C=O) groups is 1. The Morgan fingerprint density at radius 3 is 2.82 bits per heavy atom. The summed E-state index contributed by atoms with van der Waals surface area (Å²) < 4.78 is 1.81. The molecule has 1 N–H and O–H groups in total. The molecule has 0 saturated carbocycles. The Kier molecular flexibility index (Phi) is 4.09. The number of thiophene rings is 1. The number of β-amino-alcohol motifs (C(OH)–C–C–N with tert-alkyl or cyclic N) is 1. The van der Waals surface area contributed by atoms with E-state index < -0.39 is 5.60 Å². The number of nitrogens with zero attached hydrogens (tertiary/aromatic N) is 1. The Balaban J connectivity index is 2.01. The highest BCUT2D eigenvalue weighted by Crippen LogP contribution is 2.32. The minimum absolute atomic E-state index is 0.0940. The fourth-order valence-electron chi connectivity index (χ4n) is 1.99. The highest BCUT2D eigenvalue weighted by molar-refractivity contribution is 9.12. The van der Waals surface area contributed by atoms with Crippen LogP contribution < -0.4 is 0 Å². The second-order valence-corrected chi connectivity index (χ2v) is 8.37. The number of aliphatic hydroxyl groups is 1. The predicted molar refractivity (Wildman–Crippen MR) is 75.7 cm³/mol. The Hall–Kier alpha value is 0.250. The molecule has 0 aliphatic carbocycles. The monoisotopic (exact) mass is 381 g/mol. The summed E-state index contributed by atoms with van der Waals surface area (Å²) in [7, 11) is 0. The highest BCUT2D eigenvalue weighted by atomic mass is 79.9. The molecule has 0 spiro atoms. The zero-order valence-corrected chi connectivity index (χ0v) is 13.4. The van der Waals surface area contributed by atoms with Crippen molar-refractivity contribution in [1.82, 2.24) is 4.90 Å². The van der Waals surface area contributed by atoms with Gasteiger partial charge in [0.05, 0.1) is 19.7 Å². The maximum Gasteiger partial charge on any atom is 0.178 e. The molecule has 1 aliphatic heterocycles. The van der Waals surface area contributed by atoms with E-state index in [0.717, 1.165) is 20.5 Å². The van der Waals surface area contributed by atoms with E-state index in [1.807, 2.05) is 17.9 Å². The van der Waals surface area contributed by atoms with Crippen LogP contribution in [0.2, 0.25) is 0 Å². The Morgan fingerprint density at radius 1 is 1.65 bits per heavy atom. The quantitative estimate of drug-likeness (QED) is 0.817. The second kappa shape index (κ2) is 5.09. The van der Waals surface area contributed by atoms with Crippen molar-refractivity contribution in [3.05, 3.63) is 19.2 Å². The predicted octanol–water partition coefficient (Wildman–Crippen LogP) is 2.91. The van der Waals surface area contributed by atoms with Crippen molar-refractivity contribution in [2.24, 2.45) is 0 Å². The lowest BCUT2D eigenvalue weighted by molar-refractivity contribution is 0.0669. The highest BCUT2D eigenvalue weighted by Gasteiger charge is 2.32. The molecule has 1 unspecified atom stereocenters. The van der Waals surface area contributed by atoms with Crippen LogP contribution in [0.5, 0.6) is 0 Å². The van der Waals surface area contributed by atoms with Gasteiger partial charge in [0.25, 0.3) is 0 Å². The number of hydrogen-bond donors (Lipinski definition) is 1. The summed E-state index contributed by atoms with van der Waals surface area (Å²) in [4.78, 5) is 14.1. The Labute approximate surface area is 121 Å². The molecule has 0 bridgehead atoms. The number of likely N-dealkylation sites (tertiary alicyclic amines) is 1. The molecule has 6 heteroatoms. The number of carbonyl (C=O) groups excluding carboxylic acids is 1. The normalized spacial score (nSPS) is 25.4. The van der Waals surface area contributed by atoms with Gasteiger partial charge in [-0.1, -0.05) is 0 Å². The van der Waals surface area contributed by atoms with E-state index >= 15 is 0 Å². The minimum Gasteiger partial charge on any atom is -0.389 e. The summed E-state index contributed by atoms with van der Waals surface area (Å²) in [6.07, 6.45) is 0.731. The fraction of sp³-hybridized carbons (Fsp3) is 0.545. The molecule has 0 aromatic carbocycles. The van der Waals surface area contributed by atoms with Crippen molar-refractivity contribution in [1.29, 1.82) is 0 Å². The summed E-state index contributed by atoms with van der Waals surface area (Å²) >= 11 is 8.25. The van der Waals surface area contributed by atoms with Gasteiger partial charge in [-0.15, -0.1) is 11.3 Å². The molecule has 1 atom stereocenters. The SMILES string of the molecule is CC1(O)CCN(CC(=O)c2cc(Br)sc2Br)C1. The first-order valence-electron chi connectivity index (χ1n) is 5.30. The molecule has 0 amide bonds. The lowest BCUT2D eigenvalue weighted by Crippen LogP contribution is -2.33. The van der Waals surface area contributed by atoms with E-state index in [1.165, 1.54) is 11.3 Å². The van der Waals surface area contributed by atoms with Crippen molar-refractivity contribution in [3.63, 3.8) is 0 Å². The van der Waals surface area contributed by atoms with Gasteiger partial charge in [0, 0.05) is 18.7 Å². The number of Topliss-reactive ketones (excluding diaryl/α,β-unsaturated/α-hetero) is 1. The molecule has 1 aromatic rings. The average molecular weight is 383 g/mol. The average Bonchev–Trinajstić information content (AvgIpc) is 2.69. The zero-order chi connectivity index (χ0) is 12.6. The van der Waals surface area contributed by atoms with Crippen LogP contribution in [0, 0.1) is 0 Å². The maximum atomic E-state index is 12.1. The van der Waals surface area contributed by atoms with Crippen LogP contribution >= 0.6 is 43.2 Å². The van der Waals surface area contributed by atoms with Gasteiger partial charge in [0.1, 0.15) is 0 Å². The molecule has 3 nitrogen and oxygen atoms in total. The number of halogens is 2. The van der Waals surface area contributed by atoms with Crippen molar-refractivity contribution >= 4 is 49.0 Å². The lowest BCUT2D eigenvalue weighted by atomic mass is 10.1. The van der Waals surface area contributed by atoms with E-state index in [-0.39, 0.29) is 5.78 Å². The molecule has 17 heavy (non-hydrogen) atoms. The van der Waals surface area contributed by atoms with Crippen molar-refractivity contribution in [3.8, 4) is 0 Å². The topological polar surface area (TPSA) is 40.5 Å². The van der Waals surface area contributed by atoms with Crippen LogP contribution in [0.1, 0.15) is 23.7 Å². The van der Waals surface area contributed by atoms with Crippen LogP contribution in [0.4, 0.5) is 0 Å². The van der Waals surface area contributed by atoms with E-state index in [2.05, 4.69) is 31.9 Å². The first kappa shape index (κ1) is 13.7. The lowest BCUT2D eigenvalue weighted by Gasteiger charge is -2.17. The molecule has 0 radical (unpaired) electrons. The van der Waals surface area contributed by atoms with Crippen LogP contribution in [-0.4, -0.2) is 41.0 Å². The van der Waals surface area contributed by atoms with E-state index in [1.54, 1.807) is 0 Å². The number of hydrogen-bond acceptors (Lipinski definition) is 4. The fourth-order valence-corrected chi connectivity index (χ4v) is 4.85. The molecule has 2 rings (SSSR count). The van der Waals surface area contributed by atoms with Crippen molar-refractivity contribution in [2.45, 2.75) is 18.9 Å². The number of rotatable bonds is 3. The number of ketones is 1. The largest absolute Gasteiger partial charge is 0.389 e. The summed E-state index contributed by atoms with van der Waals surface area (Å²) in [6, 6.07) is 1.84. The van der Waals surface area contributed by atoms with Crippen molar-refractivity contribution < 1.29 is 9.90 Å². The molecular formula is C11H13Br2NO2S. The molecule has 1 aliphatic rings. The van der Waals surface area contributed by atoms with E-state index in [0.29, 0.717) is 18.7 Å². The van der Waals surface area contributed by atoms with Gasteiger partial charge in [-0.3, -0.25) is 9.69 Å². The van der Waals surface area contributed by atoms with Crippen LogP contribution in [0.25, 0.3) is 0 Å². The third-order valence-electron chi connectivity index (χ3n) is 2.86. The van der Waals surface area contributed by atoms with Gasteiger partial charge in [-0.2, -0.15) is 0 Å². The Bertz CT molecular complexity index is 445. The molecule has 1 saturated heterocycles. The first-order valence-corrected chi connectivity index (χ1v) is 7.70. The molecule has 1 fully saturated rings. The smallest absolute Gasteiger partial charge is 0.178 e. The van der Waals surface area contributed by atoms with Gasteiger partial charge in [0.2, 0.25) is 0 Å². The molecular weight excluding hydrogens is 370 g/mol. The van der Waals surface area contributed by atoms with E-state index in [9.17, 15) is 9.90 Å². The zero-order valence-electron chi connectivity index (χ0n) is 9.37. The van der Waals surface area contributed by atoms with Gasteiger partial charge < -0.3 is 5.11 Å². The van der Waals surface area contributed by atoms with Crippen LogP contribution in [0.15, 0.2) is 13.6 Å². The Morgan fingerprint density at radius 2 is 2.35 bits per heavy atom. The van der Waals surface area contributed by atoms with Gasteiger partial charge in [0.15, 0.2) is 5.78 Å². The summed E-state index contributed by atoms with van der Waals surface area (Å²) in [5.74, 6) is 0.0940. The minimum atomic E-state index is -0.646. The third-order valence-corrected chi connectivity index (χ3v) is 5.19. The molecule has 1 aromatic heterocycles. The summed E-state index contributed by atoms with van der Waals surface area (Å²) in [5.41, 5.74) is 0.0700. The van der Waals surface area contributed by atoms with E-state index in [4.69, 9.17) is 0 Å². The molecule has 2 heterocycles. The molecule has 94 valence electrons.